The molecule has 1 atom stereocenters. The molecule has 2 aromatic rings. The fraction of sp³-hybridized carbons (Fsp3) is 0.444. The Balaban J connectivity index is 0.00000169. The van der Waals surface area contributed by atoms with Crippen molar-refractivity contribution in [2.24, 2.45) is 5.92 Å². The molecule has 1 aliphatic heterocycles. The number of nitrogens with zero attached hydrogens (tertiary/aromatic N) is 2. The van der Waals surface area contributed by atoms with Crippen LogP contribution in [0.5, 0.6) is 0 Å². The van der Waals surface area contributed by atoms with Crippen molar-refractivity contribution >= 4 is 42.1 Å². The van der Waals surface area contributed by atoms with Gasteiger partial charge in [0.15, 0.2) is 0 Å². The average Bonchev–Trinajstić information content (AvgIpc) is 3.05. The molecule has 0 bridgehead atoms. The van der Waals surface area contributed by atoms with Gasteiger partial charge >= 0.3 is 0 Å². The van der Waals surface area contributed by atoms with E-state index in [0.29, 0.717) is 23.6 Å². The quantitative estimate of drug-likeness (QED) is 0.801. The molecule has 1 N–H and O–H groups in total. The minimum absolute atomic E-state index is 0. The number of hydrogen-bond acceptors (Lipinski definition) is 4. The molecular weight excluding hydrogens is 396 g/mol. The minimum atomic E-state index is -0.230. The van der Waals surface area contributed by atoms with Crippen molar-refractivity contribution < 1.29 is 9.18 Å². The SMILES string of the molecule is CNCC1CCCN(C(=O)c2csc(Cc3ccccc3F)n2)C1.Cl.Cl. The molecule has 1 amide bonds. The predicted octanol–water partition coefficient (Wildman–Crippen LogP) is 3.79. The zero-order valence-electron chi connectivity index (χ0n) is 14.6. The summed E-state index contributed by atoms with van der Waals surface area (Å²) in [6.45, 7) is 2.50. The normalized spacial score (nSPS) is 16.5. The van der Waals surface area contributed by atoms with E-state index in [1.165, 1.54) is 17.4 Å². The Kier molecular flexibility index (Phi) is 9.50. The first-order valence-electron chi connectivity index (χ1n) is 8.29. The summed E-state index contributed by atoms with van der Waals surface area (Å²) in [5.74, 6) is 0.266. The minimum Gasteiger partial charge on any atom is -0.337 e. The van der Waals surface area contributed by atoms with E-state index in [2.05, 4.69) is 10.3 Å². The molecule has 3 rings (SSSR count). The number of hydrogen-bond donors (Lipinski definition) is 1. The summed E-state index contributed by atoms with van der Waals surface area (Å²) in [4.78, 5) is 19.0. The molecule has 0 radical (unpaired) electrons. The van der Waals surface area contributed by atoms with E-state index in [0.717, 1.165) is 37.5 Å². The monoisotopic (exact) mass is 419 g/mol. The molecule has 1 unspecified atom stereocenters. The van der Waals surface area contributed by atoms with Gasteiger partial charge in [0, 0.05) is 24.9 Å². The second-order valence-electron chi connectivity index (χ2n) is 6.21. The van der Waals surface area contributed by atoms with Crippen molar-refractivity contribution in [1.82, 2.24) is 15.2 Å². The van der Waals surface area contributed by atoms with Gasteiger partial charge in [-0.2, -0.15) is 0 Å². The van der Waals surface area contributed by atoms with Crippen LogP contribution in [-0.2, 0) is 6.42 Å². The number of likely N-dealkylation sites (tertiary alicyclic amines) is 1. The summed E-state index contributed by atoms with van der Waals surface area (Å²) in [7, 11) is 1.94. The lowest BCUT2D eigenvalue weighted by molar-refractivity contribution is 0.0669. The highest BCUT2D eigenvalue weighted by molar-refractivity contribution is 7.09. The summed E-state index contributed by atoms with van der Waals surface area (Å²) in [5.41, 5.74) is 1.09. The summed E-state index contributed by atoms with van der Waals surface area (Å²) in [6.07, 6.45) is 2.61. The van der Waals surface area contributed by atoms with Gasteiger partial charge in [-0.25, -0.2) is 9.37 Å². The smallest absolute Gasteiger partial charge is 0.273 e. The zero-order chi connectivity index (χ0) is 16.9. The summed E-state index contributed by atoms with van der Waals surface area (Å²) >= 11 is 1.42. The number of carbonyl (C=O) groups excluding carboxylic acids is 1. The lowest BCUT2D eigenvalue weighted by Crippen LogP contribution is -2.42. The Morgan fingerprint density at radius 1 is 1.38 bits per heavy atom. The maximum Gasteiger partial charge on any atom is 0.273 e. The van der Waals surface area contributed by atoms with Crippen LogP contribution >= 0.6 is 36.2 Å². The number of piperidine rings is 1. The third kappa shape index (κ3) is 5.64. The fourth-order valence-corrected chi connectivity index (χ4v) is 3.95. The Labute approximate surface area is 170 Å². The van der Waals surface area contributed by atoms with E-state index >= 15 is 0 Å². The van der Waals surface area contributed by atoms with E-state index in [1.54, 1.807) is 17.5 Å². The van der Waals surface area contributed by atoms with Crippen LogP contribution in [0.25, 0.3) is 0 Å². The Morgan fingerprint density at radius 2 is 2.15 bits per heavy atom. The van der Waals surface area contributed by atoms with Crippen LogP contribution in [0.2, 0.25) is 0 Å². The Hall–Kier alpha value is -1.21. The molecule has 1 fully saturated rings. The second-order valence-corrected chi connectivity index (χ2v) is 7.15. The second kappa shape index (κ2) is 10.8. The van der Waals surface area contributed by atoms with Crippen LogP contribution in [0.1, 0.15) is 33.9 Å². The maximum atomic E-state index is 13.7. The third-order valence-electron chi connectivity index (χ3n) is 4.37. The molecule has 8 heteroatoms. The molecule has 0 saturated carbocycles. The number of thiazole rings is 1. The van der Waals surface area contributed by atoms with Crippen molar-refractivity contribution in [3.8, 4) is 0 Å². The molecule has 1 aromatic heterocycles. The summed E-state index contributed by atoms with van der Waals surface area (Å²) in [6, 6.07) is 6.69. The van der Waals surface area contributed by atoms with Crippen LogP contribution < -0.4 is 5.32 Å². The van der Waals surface area contributed by atoms with Crippen molar-refractivity contribution in [3.63, 3.8) is 0 Å². The zero-order valence-corrected chi connectivity index (χ0v) is 17.1. The van der Waals surface area contributed by atoms with Crippen molar-refractivity contribution in [2.45, 2.75) is 19.3 Å². The van der Waals surface area contributed by atoms with Crippen LogP contribution in [0.15, 0.2) is 29.6 Å². The van der Waals surface area contributed by atoms with Gasteiger partial charge in [0.2, 0.25) is 0 Å². The van der Waals surface area contributed by atoms with Gasteiger partial charge in [0.1, 0.15) is 11.5 Å². The molecular formula is C18H24Cl2FN3OS. The summed E-state index contributed by atoms with van der Waals surface area (Å²) in [5, 5.41) is 5.75. The van der Waals surface area contributed by atoms with Gasteiger partial charge in [-0.15, -0.1) is 36.2 Å². The molecule has 2 heterocycles. The molecule has 144 valence electrons. The van der Waals surface area contributed by atoms with Crippen molar-refractivity contribution in [1.29, 1.82) is 0 Å². The van der Waals surface area contributed by atoms with Crippen molar-refractivity contribution in [2.75, 3.05) is 26.7 Å². The topological polar surface area (TPSA) is 45.2 Å². The fourth-order valence-electron chi connectivity index (χ4n) is 3.16. The molecule has 1 aromatic carbocycles. The molecule has 1 saturated heterocycles. The van der Waals surface area contributed by atoms with E-state index < -0.39 is 0 Å². The van der Waals surface area contributed by atoms with Gasteiger partial charge in [0.25, 0.3) is 5.91 Å². The maximum absolute atomic E-state index is 13.7. The van der Waals surface area contributed by atoms with Crippen LogP contribution in [0.4, 0.5) is 4.39 Å². The number of amides is 1. The predicted molar refractivity (Wildman–Crippen MR) is 108 cm³/mol. The van der Waals surface area contributed by atoms with E-state index in [-0.39, 0.29) is 36.5 Å². The Morgan fingerprint density at radius 3 is 2.88 bits per heavy atom. The van der Waals surface area contributed by atoms with E-state index in [9.17, 15) is 9.18 Å². The number of aromatic nitrogens is 1. The first-order chi connectivity index (χ1) is 11.7. The molecule has 0 aliphatic carbocycles. The number of carbonyl (C=O) groups is 1. The molecule has 26 heavy (non-hydrogen) atoms. The van der Waals surface area contributed by atoms with E-state index in [4.69, 9.17) is 0 Å². The van der Waals surface area contributed by atoms with Crippen LogP contribution in [-0.4, -0.2) is 42.5 Å². The van der Waals surface area contributed by atoms with Gasteiger partial charge < -0.3 is 10.2 Å². The number of rotatable bonds is 5. The summed E-state index contributed by atoms with van der Waals surface area (Å²) < 4.78 is 13.7. The highest BCUT2D eigenvalue weighted by Gasteiger charge is 2.25. The number of halogens is 3. The van der Waals surface area contributed by atoms with Crippen LogP contribution in [0, 0.1) is 11.7 Å². The van der Waals surface area contributed by atoms with Gasteiger partial charge in [-0.05, 0) is 44.0 Å². The Bertz CT molecular complexity index is 711. The average molecular weight is 420 g/mol. The van der Waals surface area contributed by atoms with E-state index in [1.807, 2.05) is 18.0 Å². The standard InChI is InChI=1S/C18H22FN3OS.2ClH/c1-20-10-13-5-4-8-22(11-13)18(23)16-12-24-17(21-16)9-14-6-2-3-7-15(14)19;;/h2-3,6-7,12-13,20H,4-5,8-11H2,1H3;2*1H. The number of nitrogens with one attached hydrogen (secondary N) is 1. The molecule has 4 nitrogen and oxygen atoms in total. The molecule has 1 aliphatic rings. The number of benzene rings is 1. The molecule has 0 spiro atoms. The van der Waals surface area contributed by atoms with Gasteiger partial charge in [-0.1, -0.05) is 18.2 Å². The first-order valence-corrected chi connectivity index (χ1v) is 9.17. The largest absolute Gasteiger partial charge is 0.337 e. The van der Waals surface area contributed by atoms with Gasteiger partial charge in [-0.3, -0.25) is 4.79 Å². The highest BCUT2D eigenvalue weighted by Crippen LogP contribution is 2.21. The lowest BCUT2D eigenvalue weighted by atomic mass is 9.98. The van der Waals surface area contributed by atoms with Crippen LogP contribution in [0.3, 0.4) is 0 Å². The lowest BCUT2D eigenvalue weighted by Gasteiger charge is -2.32. The first kappa shape index (κ1) is 22.8. The highest BCUT2D eigenvalue weighted by atomic mass is 35.5. The van der Waals surface area contributed by atoms with Crippen molar-refractivity contribution in [3.05, 3.63) is 51.7 Å². The third-order valence-corrected chi connectivity index (χ3v) is 5.22. The van der Waals surface area contributed by atoms with Gasteiger partial charge in [0.05, 0.1) is 5.01 Å².